The number of ether oxygens (including phenoxy) is 2. The molecule has 2 aromatic carbocycles. The summed E-state index contributed by atoms with van der Waals surface area (Å²) >= 11 is 11.8. The number of halogens is 2. The van der Waals surface area contributed by atoms with Crippen molar-refractivity contribution in [3.8, 4) is 11.5 Å². The minimum atomic E-state index is -4.05. The van der Waals surface area contributed by atoms with Crippen molar-refractivity contribution in [3.05, 3.63) is 46.4 Å². The largest absolute Gasteiger partial charge is 0.497 e. The van der Waals surface area contributed by atoms with Crippen LogP contribution in [0.1, 0.15) is 6.92 Å². The predicted octanol–water partition coefficient (Wildman–Crippen LogP) is 3.32. The number of hydrogen-bond acceptors (Lipinski definition) is 5. The maximum Gasteiger partial charge on any atom is 0.242 e. The summed E-state index contributed by atoms with van der Waals surface area (Å²) in [5.41, 5.74) is 0.370. The maximum absolute atomic E-state index is 12.5. The van der Waals surface area contributed by atoms with E-state index < -0.39 is 22.0 Å². The fourth-order valence-corrected chi connectivity index (χ4v) is 4.14. The number of anilines is 1. The molecule has 0 aliphatic heterocycles. The summed E-state index contributed by atoms with van der Waals surface area (Å²) in [5, 5.41) is 2.81. The van der Waals surface area contributed by atoms with Crippen LogP contribution in [0, 0.1) is 0 Å². The van der Waals surface area contributed by atoms with Crippen molar-refractivity contribution in [2.75, 3.05) is 19.5 Å². The fourth-order valence-electron chi connectivity index (χ4n) is 2.18. The minimum Gasteiger partial charge on any atom is -0.497 e. The van der Waals surface area contributed by atoms with Gasteiger partial charge in [0.1, 0.15) is 16.4 Å². The van der Waals surface area contributed by atoms with Gasteiger partial charge >= 0.3 is 0 Å². The SMILES string of the molecule is COc1ccc(NC(=O)[C@@H](C)NS(=O)(=O)c2cc(Cl)ccc2Cl)c(OC)c1. The first-order valence-corrected chi connectivity index (χ1v) is 9.92. The van der Waals surface area contributed by atoms with E-state index in [1.807, 2.05) is 0 Å². The molecule has 0 unspecified atom stereocenters. The Hall–Kier alpha value is -2.00. The van der Waals surface area contributed by atoms with Gasteiger partial charge in [0.15, 0.2) is 0 Å². The number of carbonyl (C=O) groups is 1. The van der Waals surface area contributed by atoms with E-state index in [2.05, 4.69) is 10.0 Å². The first-order valence-electron chi connectivity index (χ1n) is 7.68. The van der Waals surface area contributed by atoms with Crippen molar-refractivity contribution in [1.29, 1.82) is 0 Å². The van der Waals surface area contributed by atoms with Crippen LogP contribution in [0.15, 0.2) is 41.3 Å². The predicted molar refractivity (Wildman–Crippen MR) is 104 cm³/mol. The Morgan fingerprint density at radius 2 is 1.78 bits per heavy atom. The zero-order valence-electron chi connectivity index (χ0n) is 14.7. The second kappa shape index (κ2) is 8.79. The highest BCUT2D eigenvalue weighted by Crippen LogP contribution is 2.29. The molecule has 0 bridgehead atoms. The molecule has 2 N–H and O–H groups in total. The Balaban J connectivity index is 2.17. The topological polar surface area (TPSA) is 93.7 Å². The molecule has 2 rings (SSSR count). The molecule has 0 aliphatic rings. The van der Waals surface area contributed by atoms with E-state index in [-0.39, 0.29) is 14.9 Å². The molecule has 0 aromatic heterocycles. The van der Waals surface area contributed by atoms with Gasteiger partial charge in [0.2, 0.25) is 15.9 Å². The standard InChI is InChI=1S/C17H18Cl2N2O5S/c1-10(21-27(23,24)16-8-11(18)4-6-13(16)19)17(22)20-14-7-5-12(25-2)9-15(14)26-3/h4-10,21H,1-3H3,(H,20,22)/t10-/m1/s1. The van der Waals surface area contributed by atoms with Crippen molar-refractivity contribution < 1.29 is 22.7 Å². The van der Waals surface area contributed by atoms with Crippen molar-refractivity contribution >= 4 is 44.8 Å². The molecule has 0 saturated heterocycles. The highest BCUT2D eigenvalue weighted by atomic mass is 35.5. The quantitative estimate of drug-likeness (QED) is 0.699. The van der Waals surface area contributed by atoms with Gasteiger partial charge in [-0.2, -0.15) is 4.72 Å². The maximum atomic E-state index is 12.5. The van der Waals surface area contributed by atoms with Gasteiger partial charge in [-0.3, -0.25) is 4.79 Å². The van der Waals surface area contributed by atoms with Crippen LogP contribution in [0.3, 0.4) is 0 Å². The Morgan fingerprint density at radius 3 is 2.41 bits per heavy atom. The molecule has 7 nitrogen and oxygen atoms in total. The summed E-state index contributed by atoms with van der Waals surface area (Å²) in [6, 6.07) is 7.78. The monoisotopic (exact) mass is 432 g/mol. The molecule has 10 heteroatoms. The van der Waals surface area contributed by atoms with Crippen LogP contribution in [-0.4, -0.2) is 34.6 Å². The third-order valence-corrected chi connectivity index (χ3v) is 5.83. The second-order valence-corrected chi connectivity index (χ2v) is 8.00. The Labute approximate surface area is 167 Å². The summed E-state index contributed by atoms with van der Waals surface area (Å²) in [5.74, 6) is 0.338. The van der Waals surface area contributed by atoms with E-state index in [1.165, 1.54) is 39.3 Å². The van der Waals surface area contributed by atoms with Gasteiger partial charge in [-0.25, -0.2) is 8.42 Å². The summed E-state index contributed by atoms with van der Waals surface area (Å²) in [4.78, 5) is 12.2. The number of nitrogens with one attached hydrogen (secondary N) is 2. The van der Waals surface area contributed by atoms with Crippen LogP contribution in [0.4, 0.5) is 5.69 Å². The van der Waals surface area contributed by atoms with E-state index in [4.69, 9.17) is 32.7 Å². The highest BCUT2D eigenvalue weighted by Gasteiger charge is 2.25. The zero-order chi connectivity index (χ0) is 20.2. The summed E-state index contributed by atoms with van der Waals surface area (Å²) in [6.45, 7) is 1.40. The number of methoxy groups -OCH3 is 2. The average Bonchev–Trinajstić information content (AvgIpc) is 2.63. The van der Waals surface area contributed by atoms with Crippen LogP contribution in [0.2, 0.25) is 10.0 Å². The number of rotatable bonds is 7. The second-order valence-electron chi connectivity index (χ2n) is 5.47. The highest BCUT2D eigenvalue weighted by molar-refractivity contribution is 7.89. The molecule has 1 amide bonds. The Kier molecular flexibility index (Phi) is 6.94. The molecule has 0 saturated carbocycles. The van der Waals surface area contributed by atoms with Crippen LogP contribution in [0.5, 0.6) is 11.5 Å². The smallest absolute Gasteiger partial charge is 0.242 e. The Bertz CT molecular complexity index is 950. The van der Waals surface area contributed by atoms with Gasteiger partial charge in [-0.05, 0) is 37.3 Å². The van der Waals surface area contributed by atoms with E-state index in [0.717, 1.165) is 0 Å². The van der Waals surface area contributed by atoms with Crippen LogP contribution in [-0.2, 0) is 14.8 Å². The van der Waals surface area contributed by atoms with Crippen LogP contribution in [0.25, 0.3) is 0 Å². The molecule has 0 fully saturated rings. The van der Waals surface area contributed by atoms with Crippen molar-refractivity contribution in [2.24, 2.45) is 0 Å². The number of carbonyl (C=O) groups excluding carboxylic acids is 1. The molecule has 27 heavy (non-hydrogen) atoms. The third-order valence-electron chi connectivity index (χ3n) is 3.57. The first-order chi connectivity index (χ1) is 12.7. The zero-order valence-corrected chi connectivity index (χ0v) is 17.1. The molecular weight excluding hydrogens is 415 g/mol. The molecule has 2 aromatic rings. The summed E-state index contributed by atoms with van der Waals surface area (Å²) < 4.78 is 37.6. The molecule has 0 spiro atoms. The van der Waals surface area contributed by atoms with Gasteiger partial charge in [0.25, 0.3) is 0 Å². The van der Waals surface area contributed by atoms with Gasteiger partial charge in [-0.15, -0.1) is 0 Å². The number of sulfonamides is 1. The molecular formula is C17H18Cl2N2O5S. The van der Waals surface area contributed by atoms with E-state index in [9.17, 15) is 13.2 Å². The third kappa shape index (κ3) is 5.26. The number of benzene rings is 2. The molecule has 1 atom stereocenters. The lowest BCUT2D eigenvalue weighted by molar-refractivity contribution is -0.117. The lowest BCUT2D eigenvalue weighted by Gasteiger charge is -2.17. The summed E-state index contributed by atoms with van der Waals surface area (Å²) in [6.07, 6.45) is 0. The lowest BCUT2D eigenvalue weighted by Crippen LogP contribution is -2.41. The van der Waals surface area contributed by atoms with Crippen LogP contribution >= 0.6 is 23.2 Å². The minimum absolute atomic E-state index is 0.00340. The summed E-state index contributed by atoms with van der Waals surface area (Å²) in [7, 11) is -1.11. The fraction of sp³-hybridized carbons (Fsp3) is 0.235. The number of amides is 1. The molecule has 0 aliphatic carbocycles. The van der Waals surface area contributed by atoms with Crippen molar-refractivity contribution in [2.45, 2.75) is 17.9 Å². The molecule has 0 heterocycles. The van der Waals surface area contributed by atoms with Crippen LogP contribution < -0.4 is 19.5 Å². The van der Waals surface area contributed by atoms with E-state index >= 15 is 0 Å². The Morgan fingerprint density at radius 1 is 1.07 bits per heavy atom. The number of hydrogen-bond donors (Lipinski definition) is 2. The average molecular weight is 433 g/mol. The van der Waals surface area contributed by atoms with E-state index in [0.29, 0.717) is 17.2 Å². The van der Waals surface area contributed by atoms with Gasteiger partial charge in [0, 0.05) is 11.1 Å². The molecule has 0 radical (unpaired) electrons. The normalized spacial score (nSPS) is 12.3. The van der Waals surface area contributed by atoms with Gasteiger partial charge < -0.3 is 14.8 Å². The van der Waals surface area contributed by atoms with Crippen molar-refractivity contribution in [1.82, 2.24) is 4.72 Å². The van der Waals surface area contributed by atoms with Crippen molar-refractivity contribution in [3.63, 3.8) is 0 Å². The molecule has 146 valence electrons. The van der Waals surface area contributed by atoms with E-state index in [1.54, 1.807) is 18.2 Å². The van der Waals surface area contributed by atoms with Gasteiger partial charge in [-0.1, -0.05) is 23.2 Å². The first kappa shape index (κ1) is 21.3. The lowest BCUT2D eigenvalue weighted by atomic mass is 10.2. The van der Waals surface area contributed by atoms with Gasteiger partial charge in [0.05, 0.1) is 31.0 Å².